The molecule has 0 spiro atoms. The Morgan fingerprint density at radius 2 is 0.837 bits per heavy atom. The molecule has 2 aromatic rings. The van der Waals surface area contributed by atoms with Crippen molar-refractivity contribution >= 4 is 11.4 Å². The van der Waals surface area contributed by atoms with Crippen LogP contribution in [0.2, 0.25) is 0 Å². The second kappa shape index (κ2) is 23.4. The molecular formula is C37H62N2O4. The van der Waals surface area contributed by atoms with Gasteiger partial charge in [0.15, 0.2) is 0 Å². The van der Waals surface area contributed by atoms with Gasteiger partial charge in [-0.05, 0) is 87.8 Å². The van der Waals surface area contributed by atoms with E-state index in [4.69, 9.17) is 10.4 Å². The summed E-state index contributed by atoms with van der Waals surface area (Å²) in [4.78, 5) is 0. The van der Waals surface area contributed by atoms with Crippen LogP contribution in [-0.2, 0) is 12.8 Å². The fourth-order valence-electron chi connectivity index (χ4n) is 5.23. The van der Waals surface area contributed by atoms with Crippen molar-refractivity contribution in [2.45, 2.75) is 152 Å². The van der Waals surface area contributed by atoms with Crippen LogP contribution in [-0.4, -0.2) is 32.1 Å². The molecule has 2 rings (SSSR count). The van der Waals surface area contributed by atoms with Gasteiger partial charge in [0.25, 0.3) is 0 Å². The highest BCUT2D eigenvalue weighted by molar-refractivity contribution is 6.01. The molecular weight excluding hydrogens is 536 g/mol. The van der Waals surface area contributed by atoms with E-state index in [1.165, 1.54) is 101 Å². The van der Waals surface area contributed by atoms with Gasteiger partial charge in [-0.25, -0.2) is 0 Å². The summed E-state index contributed by atoms with van der Waals surface area (Å²) in [7, 11) is 0. The Bertz CT molecular complexity index is 1020. The van der Waals surface area contributed by atoms with Crippen LogP contribution in [0.25, 0.3) is 0 Å². The van der Waals surface area contributed by atoms with Crippen LogP contribution in [0.3, 0.4) is 0 Å². The maximum absolute atomic E-state index is 10.0. The summed E-state index contributed by atoms with van der Waals surface area (Å²) in [6.45, 7) is 11.7. The third kappa shape index (κ3) is 15.3. The number of phenolic OH excluding ortho intramolecular Hbond substituents is 2. The van der Waals surface area contributed by atoms with Gasteiger partial charge in [-0.2, -0.15) is 0 Å². The molecule has 4 N–H and O–H groups in total. The van der Waals surface area contributed by atoms with Crippen molar-refractivity contribution in [3.63, 3.8) is 0 Å². The summed E-state index contributed by atoms with van der Waals surface area (Å²) in [6, 6.07) is 7.93. The molecule has 0 aliphatic carbocycles. The summed E-state index contributed by atoms with van der Waals surface area (Å²) >= 11 is 0. The zero-order valence-electron chi connectivity index (χ0n) is 27.3. The van der Waals surface area contributed by atoms with Gasteiger partial charge < -0.3 is 20.6 Å². The van der Waals surface area contributed by atoms with Crippen LogP contribution in [0.15, 0.2) is 34.6 Å². The molecule has 0 saturated carbocycles. The molecule has 244 valence electrons. The largest absolute Gasteiger partial charge is 0.507 e. The lowest BCUT2D eigenvalue weighted by molar-refractivity contribution is 0.318. The predicted octanol–water partition coefficient (Wildman–Crippen LogP) is 11.0. The van der Waals surface area contributed by atoms with E-state index in [0.717, 1.165) is 24.0 Å². The molecule has 0 amide bonds. The van der Waals surface area contributed by atoms with Crippen molar-refractivity contribution in [1.82, 2.24) is 0 Å². The average Bonchev–Trinajstić information content (AvgIpc) is 2.99. The number of aromatic hydroxyl groups is 2. The zero-order valence-corrected chi connectivity index (χ0v) is 27.3. The summed E-state index contributed by atoms with van der Waals surface area (Å²) in [6.07, 6.45) is 20.2. The fraction of sp³-hybridized carbons (Fsp3) is 0.622. The fourth-order valence-corrected chi connectivity index (χ4v) is 5.23. The molecule has 6 heteroatoms. The second-order valence-electron chi connectivity index (χ2n) is 11.7. The van der Waals surface area contributed by atoms with E-state index < -0.39 is 0 Å². The Balaban J connectivity index is 0.000000802. The number of nitrogens with zero attached hydrogens (tertiary/aromatic N) is 2. The van der Waals surface area contributed by atoms with Crippen molar-refractivity contribution in [2.75, 3.05) is 0 Å². The van der Waals surface area contributed by atoms with Gasteiger partial charge in [0, 0.05) is 11.1 Å². The predicted molar refractivity (Wildman–Crippen MR) is 184 cm³/mol. The highest BCUT2D eigenvalue weighted by Crippen LogP contribution is 2.27. The van der Waals surface area contributed by atoms with E-state index in [-0.39, 0.29) is 18.9 Å². The molecule has 0 saturated heterocycles. The normalized spacial score (nSPS) is 11.6. The van der Waals surface area contributed by atoms with Crippen molar-refractivity contribution in [3.8, 4) is 11.5 Å². The quantitative estimate of drug-likeness (QED) is 0.0592. The number of benzene rings is 2. The van der Waals surface area contributed by atoms with Crippen molar-refractivity contribution < 1.29 is 20.6 Å². The monoisotopic (exact) mass is 598 g/mol. The van der Waals surface area contributed by atoms with Gasteiger partial charge in [0.1, 0.15) is 11.5 Å². The summed E-state index contributed by atoms with van der Waals surface area (Å²) < 4.78 is 0. The van der Waals surface area contributed by atoms with E-state index >= 15 is 0 Å². The maximum Gasteiger partial charge on any atom is 0.127 e. The number of hydrogen-bond acceptors (Lipinski definition) is 6. The number of oxime groups is 2. The molecule has 43 heavy (non-hydrogen) atoms. The van der Waals surface area contributed by atoms with Crippen LogP contribution in [0.1, 0.15) is 158 Å². The lowest BCUT2D eigenvalue weighted by Gasteiger charge is -2.10. The lowest BCUT2D eigenvalue weighted by Crippen LogP contribution is -1.99. The molecule has 0 bridgehead atoms. The first kappa shape index (κ1) is 40.0. The number of unbranched alkanes of at least 4 members (excludes halogenated alkanes) is 12. The van der Waals surface area contributed by atoms with Gasteiger partial charge in [0.05, 0.1) is 11.4 Å². The molecule has 2 aromatic carbocycles. The highest BCUT2D eigenvalue weighted by atomic mass is 16.4. The minimum atomic E-state index is 0. The molecule has 0 unspecified atom stereocenters. The van der Waals surface area contributed by atoms with Gasteiger partial charge in [-0.1, -0.05) is 121 Å². The lowest BCUT2D eigenvalue weighted by atomic mass is 9.98. The Kier molecular flexibility index (Phi) is 21.8. The number of phenols is 2. The van der Waals surface area contributed by atoms with E-state index in [0.29, 0.717) is 22.6 Å². The van der Waals surface area contributed by atoms with Crippen LogP contribution < -0.4 is 0 Å². The number of hydrogen-bond donors (Lipinski definition) is 4. The van der Waals surface area contributed by atoms with Gasteiger partial charge in [-0.3, -0.25) is 0 Å². The van der Waals surface area contributed by atoms with Crippen molar-refractivity contribution in [1.29, 1.82) is 0 Å². The molecule has 0 aromatic heterocycles. The third-order valence-electron chi connectivity index (χ3n) is 7.94. The molecule has 6 nitrogen and oxygen atoms in total. The minimum Gasteiger partial charge on any atom is -0.507 e. The first-order valence-electron chi connectivity index (χ1n) is 16.2. The highest BCUT2D eigenvalue weighted by Gasteiger charge is 2.11. The molecule has 0 atom stereocenters. The molecule has 0 aliphatic rings. The molecule has 0 aliphatic heterocycles. The Hall–Kier alpha value is -3.02. The Morgan fingerprint density at radius 1 is 0.535 bits per heavy atom. The summed E-state index contributed by atoms with van der Waals surface area (Å²) in [5.41, 5.74) is 6.27. The first-order chi connectivity index (χ1) is 20.2. The van der Waals surface area contributed by atoms with Gasteiger partial charge in [0.2, 0.25) is 0 Å². The first-order valence-corrected chi connectivity index (χ1v) is 16.2. The van der Waals surface area contributed by atoms with Gasteiger partial charge in [-0.15, -0.1) is 0 Å². The topological polar surface area (TPSA) is 106 Å². The number of aryl methyl sites for hydroxylation is 4. The summed E-state index contributed by atoms with van der Waals surface area (Å²) in [5.74, 6) is 0.433. The zero-order chi connectivity index (χ0) is 31.3. The standard InChI is InChI=1S/2C18H29NO2.CH4/c2*1-4-5-6-7-8-9-10-11-16-12-14(2)18(20)17(13-16)15(3)19-21;/h2*12-13,20-21H,4-11H2,1-3H3;1H4/b2*19-15-;. The van der Waals surface area contributed by atoms with Crippen molar-refractivity contribution in [2.24, 2.45) is 10.3 Å². The van der Waals surface area contributed by atoms with Crippen LogP contribution in [0.4, 0.5) is 0 Å². The SMILES string of the molecule is C.CCCCCCCCCc1cc(C)c(O)c(/C(C)=N\O)c1.CCCCCCCCCc1cc(C)c(O)c(/C(C)=N\O)c1. The van der Waals surface area contributed by atoms with E-state index in [1.54, 1.807) is 13.8 Å². The Labute approximate surface area is 262 Å². The molecule has 0 fully saturated rings. The van der Waals surface area contributed by atoms with E-state index in [1.807, 2.05) is 38.1 Å². The van der Waals surface area contributed by atoms with Crippen LogP contribution in [0.5, 0.6) is 11.5 Å². The molecule has 0 radical (unpaired) electrons. The second-order valence-corrected chi connectivity index (χ2v) is 11.7. The average molecular weight is 599 g/mol. The van der Waals surface area contributed by atoms with Gasteiger partial charge >= 0.3 is 0 Å². The maximum atomic E-state index is 10.0. The smallest absolute Gasteiger partial charge is 0.127 e. The molecule has 0 heterocycles. The van der Waals surface area contributed by atoms with Crippen LogP contribution in [0, 0.1) is 13.8 Å². The van der Waals surface area contributed by atoms with E-state index in [2.05, 4.69) is 24.2 Å². The third-order valence-corrected chi connectivity index (χ3v) is 7.94. The van der Waals surface area contributed by atoms with Crippen molar-refractivity contribution in [3.05, 3.63) is 57.6 Å². The van der Waals surface area contributed by atoms with Crippen LogP contribution >= 0.6 is 0 Å². The Morgan fingerprint density at radius 3 is 1.14 bits per heavy atom. The summed E-state index contributed by atoms with van der Waals surface area (Å²) in [5, 5.41) is 44.2. The number of rotatable bonds is 18. The van der Waals surface area contributed by atoms with E-state index in [9.17, 15) is 10.2 Å². The minimum absolute atomic E-state index is 0.